The van der Waals surface area contributed by atoms with Crippen molar-refractivity contribution in [2.75, 3.05) is 5.73 Å². The first-order valence-electron chi connectivity index (χ1n) is 4.63. The third-order valence-corrected chi connectivity index (χ3v) is 2.75. The van der Waals surface area contributed by atoms with Crippen molar-refractivity contribution in [2.45, 2.75) is 0 Å². The Morgan fingerprint density at radius 3 is 2.76 bits per heavy atom. The Bertz CT molecular complexity index is 557. The number of hydrogen-bond donors (Lipinski definition) is 1. The Balaban J connectivity index is 2.38. The second-order valence-electron chi connectivity index (χ2n) is 3.13. The molecule has 0 aliphatic carbocycles. The molecule has 2 rings (SSSR count). The fourth-order valence-corrected chi connectivity index (χ4v) is 1.99. The highest BCUT2D eigenvalue weighted by Gasteiger charge is 2.10. The summed E-state index contributed by atoms with van der Waals surface area (Å²) in [6.07, 6.45) is 4.58. The van der Waals surface area contributed by atoms with E-state index in [1.807, 2.05) is 6.07 Å². The largest absolute Gasteiger partial charge is 0.434 e. The van der Waals surface area contributed by atoms with E-state index < -0.39 is 0 Å². The molecular formula is C11H7IN4O. The van der Waals surface area contributed by atoms with Gasteiger partial charge in [-0.2, -0.15) is 5.26 Å². The van der Waals surface area contributed by atoms with Crippen LogP contribution in [0.4, 0.5) is 5.69 Å². The van der Waals surface area contributed by atoms with Gasteiger partial charge in [0, 0.05) is 12.4 Å². The maximum atomic E-state index is 8.80. The van der Waals surface area contributed by atoms with Gasteiger partial charge in [0.1, 0.15) is 0 Å². The van der Waals surface area contributed by atoms with Crippen LogP contribution in [0.3, 0.4) is 0 Å². The summed E-state index contributed by atoms with van der Waals surface area (Å²) in [5, 5.41) is 8.80. The van der Waals surface area contributed by atoms with Gasteiger partial charge >= 0.3 is 0 Å². The Kier molecular flexibility index (Phi) is 3.39. The SMILES string of the molecule is N#Cc1cc(N)c(Oc2cnccn2)c(I)c1. The van der Waals surface area contributed by atoms with Crippen molar-refractivity contribution in [2.24, 2.45) is 0 Å². The van der Waals surface area contributed by atoms with Gasteiger partial charge in [-0.05, 0) is 34.7 Å². The maximum absolute atomic E-state index is 8.80. The van der Waals surface area contributed by atoms with Gasteiger partial charge in [0.25, 0.3) is 0 Å². The average molecular weight is 338 g/mol. The van der Waals surface area contributed by atoms with Crippen molar-refractivity contribution in [3.63, 3.8) is 0 Å². The molecule has 2 aromatic rings. The van der Waals surface area contributed by atoms with Crippen LogP contribution >= 0.6 is 22.6 Å². The van der Waals surface area contributed by atoms with Crippen LogP contribution in [0.25, 0.3) is 0 Å². The number of benzene rings is 1. The molecule has 17 heavy (non-hydrogen) atoms. The van der Waals surface area contributed by atoms with Crippen LogP contribution in [0.5, 0.6) is 11.6 Å². The zero-order chi connectivity index (χ0) is 12.3. The summed E-state index contributed by atoms with van der Waals surface area (Å²) in [6, 6.07) is 5.29. The Morgan fingerprint density at radius 1 is 1.35 bits per heavy atom. The predicted molar refractivity (Wildman–Crippen MR) is 70.4 cm³/mol. The summed E-state index contributed by atoms with van der Waals surface area (Å²) >= 11 is 2.06. The van der Waals surface area contributed by atoms with E-state index in [0.29, 0.717) is 22.9 Å². The van der Waals surface area contributed by atoms with Crippen LogP contribution in [0.2, 0.25) is 0 Å². The maximum Gasteiger partial charge on any atom is 0.237 e. The van der Waals surface area contributed by atoms with Gasteiger partial charge in [-0.15, -0.1) is 0 Å². The first-order chi connectivity index (χ1) is 8.20. The molecule has 0 aliphatic rings. The van der Waals surface area contributed by atoms with Crippen LogP contribution in [-0.2, 0) is 0 Å². The van der Waals surface area contributed by atoms with Crippen LogP contribution in [0.15, 0.2) is 30.7 Å². The number of hydrogen-bond acceptors (Lipinski definition) is 5. The zero-order valence-corrected chi connectivity index (χ0v) is 10.7. The second-order valence-corrected chi connectivity index (χ2v) is 4.30. The minimum Gasteiger partial charge on any atom is -0.434 e. The van der Waals surface area contributed by atoms with Crippen molar-refractivity contribution < 1.29 is 4.74 Å². The topological polar surface area (TPSA) is 84.8 Å². The summed E-state index contributed by atoms with van der Waals surface area (Å²) in [7, 11) is 0. The molecule has 0 radical (unpaired) electrons. The molecule has 0 unspecified atom stereocenters. The fraction of sp³-hybridized carbons (Fsp3) is 0. The van der Waals surface area contributed by atoms with Crippen LogP contribution in [0, 0.1) is 14.9 Å². The minimum atomic E-state index is 0.363. The molecule has 1 aromatic heterocycles. The third-order valence-electron chi connectivity index (χ3n) is 1.95. The highest BCUT2D eigenvalue weighted by molar-refractivity contribution is 14.1. The highest BCUT2D eigenvalue weighted by atomic mass is 127. The van der Waals surface area contributed by atoms with Crippen LogP contribution in [-0.4, -0.2) is 9.97 Å². The van der Waals surface area contributed by atoms with Gasteiger partial charge in [-0.25, -0.2) is 4.98 Å². The average Bonchev–Trinajstić information content (AvgIpc) is 2.35. The number of nitriles is 1. The summed E-state index contributed by atoms with van der Waals surface area (Å²) in [5.74, 6) is 0.854. The van der Waals surface area contributed by atoms with Crippen molar-refractivity contribution in [1.82, 2.24) is 9.97 Å². The summed E-state index contributed by atoms with van der Waals surface area (Å²) < 4.78 is 6.28. The molecule has 0 aliphatic heterocycles. The minimum absolute atomic E-state index is 0.363. The fourth-order valence-electron chi connectivity index (χ4n) is 1.23. The van der Waals surface area contributed by atoms with Gasteiger partial charge in [-0.1, -0.05) is 0 Å². The first kappa shape index (κ1) is 11.6. The molecule has 1 heterocycles. The normalized spacial score (nSPS) is 9.65. The molecule has 0 bridgehead atoms. The van der Waals surface area contributed by atoms with Gasteiger partial charge in [0.2, 0.25) is 5.88 Å². The van der Waals surface area contributed by atoms with E-state index in [-0.39, 0.29) is 0 Å². The van der Waals surface area contributed by atoms with Crippen molar-refractivity contribution in [3.8, 4) is 17.7 Å². The lowest BCUT2D eigenvalue weighted by Crippen LogP contribution is -1.97. The van der Waals surface area contributed by atoms with Gasteiger partial charge in [-0.3, -0.25) is 4.98 Å². The molecule has 5 nitrogen and oxygen atoms in total. The Labute approximate surface area is 111 Å². The van der Waals surface area contributed by atoms with E-state index in [0.717, 1.165) is 3.57 Å². The number of aromatic nitrogens is 2. The van der Waals surface area contributed by atoms with E-state index >= 15 is 0 Å². The smallest absolute Gasteiger partial charge is 0.237 e. The predicted octanol–water partition coefficient (Wildman–Crippen LogP) is 2.33. The van der Waals surface area contributed by atoms with Gasteiger partial charge in [0.05, 0.1) is 27.1 Å². The monoisotopic (exact) mass is 338 g/mol. The van der Waals surface area contributed by atoms with E-state index in [4.69, 9.17) is 15.7 Å². The quantitative estimate of drug-likeness (QED) is 0.671. The lowest BCUT2D eigenvalue weighted by atomic mass is 10.2. The first-order valence-corrected chi connectivity index (χ1v) is 5.71. The molecule has 0 spiro atoms. The molecule has 6 heteroatoms. The molecule has 84 valence electrons. The molecule has 2 N–H and O–H groups in total. The number of nitrogen functional groups attached to an aromatic ring is 1. The lowest BCUT2D eigenvalue weighted by Gasteiger charge is -2.09. The molecule has 0 fully saturated rings. The van der Waals surface area contributed by atoms with Crippen LogP contribution < -0.4 is 10.5 Å². The lowest BCUT2D eigenvalue weighted by molar-refractivity contribution is 0.459. The van der Waals surface area contributed by atoms with Gasteiger partial charge < -0.3 is 10.5 Å². The number of anilines is 1. The second kappa shape index (κ2) is 4.97. The zero-order valence-electron chi connectivity index (χ0n) is 8.59. The van der Waals surface area contributed by atoms with Crippen LogP contribution in [0.1, 0.15) is 5.56 Å². The van der Waals surface area contributed by atoms with Crippen molar-refractivity contribution in [1.29, 1.82) is 5.26 Å². The van der Waals surface area contributed by atoms with E-state index in [1.54, 1.807) is 18.3 Å². The number of rotatable bonds is 2. The molecule has 1 aromatic carbocycles. The number of nitrogens with zero attached hydrogens (tertiary/aromatic N) is 3. The molecule has 0 saturated carbocycles. The summed E-state index contributed by atoms with van der Waals surface area (Å²) in [4.78, 5) is 7.88. The van der Waals surface area contributed by atoms with Crippen molar-refractivity contribution in [3.05, 3.63) is 39.9 Å². The standard InChI is InChI=1S/C11H7IN4O/c12-8-3-7(5-13)4-9(14)11(8)17-10-6-15-1-2-16-10/h1-4,6H,14H2. The van der Waals surface area contributed by atoms with E-state index in [9.17, 15) is 0 Å². The summed E-state index contributed by atoms with van der Waals surface area (Å²) in [5.41, 5.74) is 6.72. The number of nitrogens with two attached hydrogens (primary N) is 1. The highest BCUT2D eigenvalue weighted by Crippen LogP contribution is 2.32. The number of ether oxygens (including phenoxy) is 1. The summed E-state index contributed by atoms with van der Waals surface area (Å²) in [6.45, 7) is 0. The molecule has 0 atom stereocenters. The molecule has 0 amide bonds. The van der Waals surface area contributed by atoms with E-state index in [1.165, 1.54) is 12.4 Å². The molecular weight excluding hydrogens is 331 g/mol. The van der Waals surface area contributed by atoms with E-state index in [2.05, 4.69) is 32.6 Å². The Morgan fingerprint density at radius 2 is 2.18 bits per heavy atom. The number of halogens is 1. The van der Waals surface area contributed by atoms with Gasteiger partial charge in [0.15, 0.2) is 5.75 Å². The Hall–Kier alpha value is -1.88. The van der Waals surface area contributed by atoms with Crippen molar-refractivity contribution >= 4 is 28.3 Å². The third kappa shape index (κ3) is 2.62. The molecule has 0 saturated heterocycles.